The summed E-state index contributed by atoms with van der Waals surface area (Å²) in [6.45, 7) is 6.93. The molecule has 6 aromatic rings. The number of fused-ring (bicyclic) bond motifs is 4. The van der Waals surface area contributed by atoms with Gasteiger partial charge in [-0.05, 0) is 66.3 Å². The highest BCUT2D eigenvalue weighted by atomic mass is 16.6. The fraction of sp³-hybridized carbons (Fsp3) is 0.317. The molecule has 0 radical (unpaired) electrons. The average molecular weight is 630 g/mol. The standard InChI is InChI=1S/C41H43NO5/c1-5-13-36-31(9-1)25-32-10-2-6-14-37(32)40(36)28-42(27-35-30-46-22-21-44-18-17-43-19-20-45-23-24-47-35)29-41-38-15-7-3-11-33(38)26-34-12-4-8-16-39(34)41/h1-16,25-26,35H,17-24,27-30H2. The van der Waals surface area contributed by atoms with E-state index in [-0.39, 0.29) is 6.10 Å². The molecule has 0 amide bonds. The fourth-order valence-electron chi connectivity index (χ4n) is 6.78. The van der Waals surface area contributed by atoms with Gasteiger partial charge in [-0.2, -0.15) is 0 Å². The van der Waals surface area contributed by atoms with E-state index in [1.807, 2.05) is 0 Å². The predicted octanol–water partition coefficient (Wildman–Crippen LogP) is 7.77. The summed E-state index contributed by atoms with van der Waals surface area (Å²) >= 11 is 0. The Bertz CT molecular complexity index is 1680. The van der Waals surface area contributed by atoms with Crippen molar-refractivity contribution in [1.82, 2.24) is 4.90 Å². The minimum Gasteiger partial charge on any atom is -0.377 e. The zero-order valence-corrected chi connectivity index (χ0v) is 26.9. The van der Waals surface area contributed by atoms with E-state index in [0.29, 0.717) is 66.0 Å². The molecule has 6 heteroatoms. The zero-order chi connectivity index (χ0) is 31.7. The fourth-order valence-corrected chi connectivity index (χ4v) is 6.78. The molecule has 1 heterocycles. The van der Waals surface area contributed by atoms with Gasteiger partial charge in [-0.1, -0.05) is 97.1 Å². The van der Waals surface area contributed by atoms with Crippen molar-refractivity contribution in [2.24, 2.45) is 0 Å². The van der Waals surface area contributed by atoms with Crippen LogP contribution in [0.5, 0.6) is 0 Å². The van der Waals surface area contributed by atoms with Crippen LogP contribution < -0.4 is 0 Å². The maximum atomic E-state index is 6.50. The number of benzene rings is 6. The molecule has 6 nitrogen and oxygen atoms in total. The van der Waals surface area contributed by atoms with Crippen LogP contribution in [0.2, 0.25) is 0 Å². The highest BCUT2D eigenvalue weighted by molar-refractivity contribution is 6.03. The minimum absolute atomic E-state index is 0.151. The molecule has 1 saturated heterocycles. The van der Waals surface area contributed by atoms with E-state index in [0.717, 1.165) is 13.1 Å². The lowest BCUT2D eigenvalue weighted by molar-refractivity contribution is -0.0584. The Labute approximate surface area is 276 Å². The molecular weight excluding hydrogens is 586 g/mol. The highest BCUT2D eigenvalue weighted by Gasteiger charge is 2.21. The molecule has 7 rings (SSSR count). The van der Waals surface area contributed by atoms with E-state index in [9.17, 15) is 0 Å². The third kappa shape index (κ3) is 7.82. The van der Waals surface area contributed by atoms with Gasteiger partial charge in [0, 0.05) is 19.6 Å². The largest absolute Gasteiger partial charge is 0.377 e. The maximum Gasteiger partial charge on any atom is 0.0936 e. The molecule has 47 heavy (non-hydrogen) atoms. The van der Waals surface area contributed by atoms with Gasteiger partial charge in [0.25, 0.3) is 0 Å². The van der Waals surface area contributed by atoms with Crippen LogP contribution in [0.4, 0.5) is 0 Å². The molecule has 1 fully saturated rings. The number of nitrogens with zero attached hydrogens (tertiary/aromatic N) is 1. The first-order valence-electron chi connectivity index (χ1n) is 16.8. The summed E-state index contributed by atoms with van der Waals surface area (Å²) in [5.74, 6) is 0. The van der Waals surface area contributed by atoms with Crippen LogP contribution in [-0.2, 0) is 36.8 Å². The smallest absolute Gasteiger partial charge is 0.0936 e. The van der Waals surface area contributed by atoms with Gasteiger partial charge in [-0.15, -0.1) is 0 Å². The molecule has 0 saturated carbocycles. The molecular formula is C41H43NO5. The van der Waals surface area contributed by atoms with Gasteiger partial charge < -0.3 is 23.7 Å². The minimum atomic E-state index is -0.151. The monoisotopic (exact) mass is 629 g/mol. The Balaban J connectivity index is 1.27. The van der Waals surface area contributed by atoms with Crippen LogP contribution in [0, 0.1) is 0 Å². The third-order valence-electron chi connectivity index (χ3n) is 8.99. The van der Waals surface area contributed by atoms with Crippen molar-refractivity contribution in [2.45, 2.75) is 19.2 Å². The van der Waals surface area contributed by atoms with Gasteiger partial charge in [-0.3, -0.25) is 4.90 Å². The second-order valence-corrected chi connectivity index (χ2v) is 12.2. The van der Waals surface area contributed by atoms with E-state index < -0.39 is 0 Å². The van der Waals surface area contributed by atoms with Crippen molar-refractivity contribution < 1.29 is 23.7 Å². The molecule has 6 aromatic carbocycles. The molecule has 1 aliphatic heterocycles. The Morgan fingerprint density at radius 3 is 1.23 bits per heavy atom. The van der Waals surface area contributed by atoms with E-state index in [1.165, 1.54) is 54.2 Å². The summed E-state index contributed by atoms with van der Waals surface area (Å²) in [5.41, 5.74) is 2.66. The Morgan fingerprint density at radius 2 is 0.809 bits per heavy atom. The van der Waals surface area contributed by atoms with E-state index >= 15 is 0 Å². The summed E-state index contributed by atoms with van der Waals surface area (Å²) in [5, 5.41) is 10.2. The highest BCUT2D eigenvalue weighted by Crippen LogP contribution is 2.33. The van der Waals surface area contributed by atoms with Crippen molar-refractivity contribution in [2.75, 3.05) is 66.0 Å². The quantitative estimate of drug-likeness (QED) is 0.176. The zero-order valence-electron chi connectivity index (χ0n) is 26.9. The lowest BCUT2D eigenvalue weighted by atomic mass is 9.94. The van der Waals surface area contributed by atoms with Crippen molar-refractivity contribution >= 4 is 43.1 Å². The number of hydrogen-bond acceptors (Lipinski definition) is 6. The molecule has 0 aliphatic carbocycles. The van der Waals surface area contributed by atoms with Crippen LogP contribution in [0.15, 0.2) is 109 Å². The molecule has 0 bridgehead atoms. The molecule has 0 N–H and O–H groups in total. The Hall–Kier alpha value is -3.88. The summed E-state index contributed by atoms with van der Waals surface area (Å²) in [6.07, 6.45) is -0.151. The SMILES string of the molecule is c1ccc2c(CN(Cc3c4ccccc4cc4ccccc34)CC3COCCOCCOCCOCCO3)c3ccccc3cc2c1. The average Bonchev–Trinajstić information content (AvgIpc) is 3.12. The summed E-state index contributed by atoms with van der Waals surface area (Å²) in [6, 6.07) is 39.6. The number of ether oxygens (including phenoxy) is 5. The first-order chi connectivity index (χ1) is 23.3. The predicted molar refractivity (Wildman–Crippen MR) is 190 cm³/mol. The lowest BCUT2D eigenvalue weighted by Gasteiger charge is -2.30. The first kappa shape index (κ1) is 31.7. The summed E-state index contributed by atoms with van der Waals surface area (Å²) in [7, 11) is 0. The molecule has 1 atom stereocenters. The van der Waals surface area contributed by atoms with Gasteiger partial charge in [0.1, 0.15) is 0 Å². The van der Waals surface area contributed by atoms with Gasteiger partial charge in [0.15, 0.2) is 0 Å². The summed E-state index contributed by atoms with van der Waals surface area (Å²) < 4.78 is 29.7. The van der Waals surface area contributed by atoms with Crippen LogP contribution in [0.1, 0.15) is 11.1 Å². The molecule has 0 spiro atoms. The Kier molecular flexibility index (Phi) is 10.7. The van der Waals surface area contributed by atoms with E-state index in [1.54, 1.807) is 0 Å². The van der Waals surface area contributed by atoms with Gasteiger partial charge in [0.05, 0.1) is 65.6 Å². The first-order valence-corrected chi connectivity index (χ1v) is 16.8. The lowest BCUT2D eigenvalue weighted by Crippen LogP contribution is -2.37. The van der Waals surface area contributed by atoms with Crippen molar-refractivity contribution in [3.63, 3.8) is 0 Å². The van der Waals surface area contributed by atoms with Crippen LogP contribution in [0.3, 0.4) is 0 Å². The number of hydrogen-bond donors (Lipinski definition) is 0. The maximum absolute atomic E-state index is 6.50. The molecule has 242 valence electrons. The Morgan fingerprint density at radius 1 is 0.447 bits per heavy atom. The summed E-state index contributed by atoms with van der Waals surface area (Å²) in [4.78, 5) is 2.55. The second kappa shape index (κ2) is 15.8. The van der Waals surface area contributed by atoms with Crippen LogP contribution in [0.25, 0.3) is 43.1 Å². The third-order valence-corrected chi connectivity index (χ3v) is 8.99. The van der Waals surface area contributed by atoms with E-state index in [4.69, 9.17) is 23.7 Å². The van der Waals surface area contributed by atoms with Gasteiger partial charge in [0.2, 0.25) is 0 Å². The topological polar surface area (TPSA) is 49.4 Å². The normalized spacial score (nSPS) is 17.7. The number of rotatable bonds is 6. The molecule has 1 aliphatic rings. The second-order valence-electron chi connectivity index (χ2n) is 12.2. The van der Waals surface area contributed by atoms with E-state index in [2.05, 4.69) is 114 Å². The van der Waals surface area contributed by atoms with Gasteiger partial charge >= 0.3 is 0 Å². The molecule has 1 unspecified atom stereocenters. The molecule has 0 aromatic heterocycles. The van der Waals surface area contributed by atoms with Crippen molar-refractivity contribution in [3.8, 4) is 0 Å². The van der Waals surface area contributed by atoms with Gasteiger partial charge in [-0.25, -0.2) is 0 Å². The van der Waals surface area contributed by atoms with Crippen LogP contribution in [-0.4, -0.2) is 77.0 Å². The van der Waals surface area contributed by atoms with Crippen LogP contribution >= 0.6 is 0 Å². The van der Waals surface area contributed by atoms with Crippen molar-refractivity contribution in [3.05, 3.63) is 120 Å². The van der Waals surface area contributed by atoms with Crippen molar-refractivity contribution in [1.29, 1.82) is 0 Å².